The van der Waals surface area contributed by atoms with E-state index in [4.69, 9.17) is 131 Å². The predicted molar refractivity (Wildman–Crippen MR) is 484 cm³/mol. The van der Waals surface area contributed by atoms with Crippen molar-refractivity contribution in [2.24, 2.45) is 14.1 Å². The topological polar surface area (TPSA) is 298 Å². The molecule has 3 atom stereocenters. The summed E-state index contributed by atoms with van der Waals surface area (Å²) in [4.78, 5) is 83.6. The average Bonchev–Trinajstić information content (AvgIpc) is 1.59. The molecule has 0 fully saturated rings. The quantitative estimate of drug-likeness (QED) is 0.0236. The van der Waals surface area contributed by atoms with E-state index in [1.165, 1.54) is 26.4 Å². The van der Waals surface area contributed by atoms with Gasteiger partial charge in [-0.2, -0.15) is 0 Å². The summed E-state index contributed by atoms with van der Waals surface area (Å²) >= 11 is 42.2. The number of pyridine rings is 3. The molecule has 12 aromatic rings. The highest BCUT2D eigenvalue weighted by Crippen LogP contribution is 2.45. The minimum atomic E-state index is -1.21. The van der Waals surface area contributed by atoms with Gasteiger partial charge in [-0.15, -0.1) is 0 Å². The Kier molecular flexibility index (Phi) is 32.3. The second-order valence-electron chi connectivity index (χ2n) is 31.2. The number of rotatable bonds is 18. The molecule has 22 nitrogen and oxygen atoms in total. The van der Waals surface area contributed by atoms with E-state index >= 15 is 0 Å². The zero-order chi connectivity index (χ0) is 89.9. The maximum Gasteiger partial charge on any atom is 0.354 e. The molecule has 29 heteroatoms. The van der Waals surface area contributed by atoms with Crippen molar-refractivity contribution in [2.45, 2.75) is 159 Å². The Hall–Kier alpha value is -10.2. The molecule has 5 heterocycles. The summed E-state index contributed by atoms with van der Waals surface area (Å²) in [5.74, 6) is -1.94. The van der Waals surface area contributed by atoms with Crippen LogP contribution in [0.3, 0.4) is 0 Å². The molecule has 0 spiro atoms. The summed E-state index contributed by atoms with van der Waals surface area (Å²) in [6, 6.07) is 42.9. The molecule has 0 saturated carbocycles. The van der Waals surface area contributed by atoms with E-state index in [2.05, 4.69) is 11.9 Å². The number of aryl methyl sites for hydroxylation is 6. The van der Waals surface area contributed by atoms with Crippen molar-refractivity contribution in [1.29, 1.82) is 0 Å². The third-order valence-corrected chi connectivity index (χ3v) is 20.7. The predicted octanol–water partition coefficient (Wildman–Crippen LogP) is 24.3. The molecule has 636 valence electrons. The highest BCUT2D eigenvalue weighted by Gasteiger charge is 2.38. The maximum atomic E-state index is 13.0. The van der Waals surface area contributed by atoms with Crippen molar-refractivity contribution in [3.8, 4) is 56.4 Å². The Labute approximate surface area is 739 Å². The molecule has 4 N–H and O–H groups in total. The van der Waals surface area contributed by atoms with Crippen molar-refractivity contribution in [1.82, 2.24) is 34.1 Å². The third-order valence-electron chi connectivity index (χ3n) is 19.0. The lowest BCUT2D eigenvalue weighted by molar-refractivity contribution is -0.385. The summed E-state index contributed by atoms with van der Waals surface area (Å²) in [7, 11) is 6.49. The van der Waals surface area contributed by atoms with Gasteiger partial charge in [-0.1, -0.05) is 125 Å². The van der Waals surface area contributed by atoms with Crippen LogP contribution in [-0.2, 0) is 65.0 Å². The van der Waals surface area contributed by atoms with Crippen molar-refractivity contribution in [2.75, 3.05) is 20.0 Å². The number of carboxylic acid groups (broad SMARTS) is 2. The normalized spacial score (nSPS) is 12.2. The summed E-state index contributed by atoms with van der Waals surface area (Å²) < 4.78 is 32.3. The van der Waals surface area contributed by atoms with Crippen molar-refractivity contribution < 1.29 is 58.0 Å². The monoisotopic (exact) mass is 1780 g/mol. The van der Waals surface area contributed by atoms with Gasteiger partial charge in [-0.25, -0.2) is 44.1 Å². The lowest BCUT2D eigenvalue weighted by atomic mass is 9.89. The van der Waals surface area contributed by atoms with Crippen LogP contribution in [0.2, 0.25) is 35.2 Å². The number of ether oxygens (including phenoxy) is 5. The van der Waals surface area contributed by atoms with Crippen LogP contribution >= 0.6 is 81.2 Å². The molecule has 7 aromatic carbocycles. The van der Waals surface area contributed by atoms with Crippen LogP contribution in [0.1, 0.15) is 160 Å². The third kappa shape index (κ3) is 23.9. The number of aromatic carboxylic acids is 1. The van der Waals surface area contributed by atoms with Gasteiger partial charge >= 0.3 is 23.9 Å². The molecule has 5 aromatic heterocycles. The number of nitrogen functional groups attached to an aromatic ring is 1. The summed E-state index contributed by atoms with van der Waals surface area (Å²) in [6.45, 7) is 33.2. The average molecular weight is 1790 g/mol. The maximum absolute atomic E-state index is 13.0. The number of hydrogen-bond donors (Lipinski definition) is 3. The smallest absolute Gasteiger partial charge is 0.354 e. The second kappa shape index (κ2) is 40.6. The molecule has 0 aliphatic carbocycles. The molecule has 0 aliphatic rings. The number of nitrogens with two attached hydrogens (primary N) is 1. The number of fused-ring (bicyclic) bond motifs is 2. The van der Waals surface area contributed by atoms with Gasteiger partial charge in [0.1, 0.15) is 17.8 Å². The van der Waals surface area contributed by atoms with Gasteiger partial charge < -0.3 is 48.8 Å². The SMILES string of the molecule is CCc1cc(Cl)ccc1[N+](=O)[O-].COC(=O)[C@@H](OC(C)(C)C)c1c(C)nc(-c2nc3ccc(Cl)cc3n2C)c(C)c1-c1ccc(Cl)cc1.COC(=O)[C@@H](OC(C)(C)C)c1c(C)nc(C(=O)O)c(C)c1-c1ccc(Cl)cc1.Cc1nc(-c2nc3ccc(Cl)cc3n2C)c(C)c(-c2ccc(Cl)cc2)c1[C@H](OC(C)(C)C)C(=O)O.[CH2+]Cc1cc(Cl)ccc1N. The van der Waals surface area contributed by atoms with Crippen LogP contribution in [0.15, 0.2) is 146 Å². The van der Waals surface area contributed by atoms with Crippen LogP contribution in [0.25, 0.3) is 78.5 Å². The van der Waals surface area contributed by atoms with E-state index in [0.717, 1.165) is 66.7 Å². The van der Waals surface area contributed by atoms with Crippen molar-refractivity contribution in [3.05, 3.63) is 265 Å². The minimum absolute atomic E-state index is 0.0782. The number of nitro groups is 1. The van der Waals surface area contributed by atoms with E-state index in [9.17, 15) is 39.5 Å². The Morgan fingerprint density at radius 1 is 0.471 bits per heavy atom. The number of aromatic nitrogens is 7. The first-order valence-corrected chi connectivity index (χ1v) is 40.7. The number of carbonyl (C=O) groups excluding carboxylic acids is 2. The number of anilines is 1. The zero-order valence-electron chi connectivity index (χ0n) is 70.9. The Morgan fingerprint density at radius 3 is 1.12 bits per heavy atom. The Balaban J connectivity index is 0.000000201. The molecule has 0 aliphatic heterocycles. The number of aliphatic carboxylic acids is 1. The van der Waals surface area contributed by atoms with Crippen molar-refractivity contribution in [3.63, 3.8) is 0 Å². The van der Waals surface area contributed by atoms with Gasteiger partial charge in [-0.05, 0) is 263 Å². The lowest BCUT2D eigenvalue weighted by Crippen LogP contribution is -2.29. The van der Waals surface area contributed by atoms with Gasteiger partial charge in [0.25, 0.3) is 5.69 Å². The lowest BCUT2D eigenvalue weighted by Gasteiger charge is -2.29. The number of benzene rings is 7. The van der Waals surface area contributed by atoms with Crippen LogP contribution in [0, 0.1) is 58.6 Å². The fourth-order valence-corrected chi connectivity index (χ4v) is 14.6. The molecule has 0 radical (unpaired) electrons. The molecule has 0 bridgehead atoms. The number of nitro benzene ring substituents is 1. The van der Waals surface area contributed by atoms with Crippen LogP contribution in [0.5, 0.6) is 0 Å². The van der Waals surface area contributed by atoms with Gasteiger partial charge in [0.05, 0.1) is 64.9 Å². The van der Waals surface area contributed by atoms with Gasteiger partial charge in [0.15, 0.2) is 35.7 Å². The Bertz CT molecular complexity index is 5840. The standard InChI is InChI=1S/C28H29Cl2N3O3.C27H27Cl2N3O3.C21H24ClNO5.C8H8ClNO2.C8H9ClN/c1-15-22(17-8-10-18(29)11-9-17)23(25(27(34)35-7)36-28(3,4)5)16(2)31-24(15)26-32-20-13-12-19(30)14-21(20)33(26)6;1-14-21(16-7-9-17(28)10-8-16)22(24(26(33)34)35-27(3,4)5)15(2)30-23(14)25-31-19-12-11-18(29)13-20(19)32(25)6;1-11-15(13-7-9-14(22)10-8-13)16(12(2)23-17(11)19(24)25)18(20(26)27-6)28-21(3,4)5;1-2-6-5-7(9)3-4-8(6)10(11)12;1-2-6-5-7(9)3-4-8(6)10/h8-14,25H,1-7H3;7-13,24H,1-6H3,(H,33,34);7-10,18H,1-6H3,(H,24,25);3-5H,2H2,1H3;3-5H,1-2,10H2/q;;;;+1/t25-;24-;18-;;/m000../s1. The number of hydrogen-bond acceptors (Lipinski definition) is 17. The number of halogens is 7. The summed E-state index contributed by atoms with van der Waals surface area (Å²) in [6.07, 6.45) is -1.94. The molecular formula is C92H97Cl7N9O13+. The molecule has 12 rings (SSSR count). The highest BCUT2D eigenvalue weighted by atomic mass is 35.5. The van der Waals surface area contributed by atoms with Gasteiger partial charge in [0.2, 0.25) is 0 Å². The number of imidazole rings is 2. The van der Waals surface area contributed by atoms with E-state index < -0.39 is 63.9 Å². The van der Waals surface area contributed by atoms with E-state index in [-0.39, 0.29) is 11.4 Å². The first-order valence-electron chi connectivity index (χ1n) is 38.1. The first kappa shape index (κ1) is 96.3. The van der Waals surface area contributed by atoms with E-state index in [1.807, 2.05) is 186 Å². The van der Waals surface area contributed by atoms with Crippen molar-refractivity contribution >= 4 is 139 Å². The fourth-order valence-electron chi connectivity index (χ4n) is 13.5. The fraction of sp³-hybridized carbons (Fsp3) is 0.304. The molecular weight excluding hydrogens is 1690 g/mol. The molecule has 0 unspecified atom stereocenters. The molecule has 0 amide bonds. The molecule has 0 saturated heterocycles. The second-order valence-corrected chi connectivity index (χ2v) is 34.2. The number of carbonyl (C=O) groups is 4. The van der Waals surface area contributed by atoms with Gasteiger partial charge in [0, 0.05) is 106 Å². The number of nitrogens with zero attached hydrogens (tertiary/aromatic N) is 8. The van der Waals surface area contributed by atoms with Crippen LogP contribution in [-0.4, -0.2) is 104 Å². The van der Waals surface area contributed by atoms with Gasteiger partial charge in [-0.3, -0.25) is 10.1 Å². The number of esters is 2. The zero-order valence-corrected chi connectivity index (χ0v) is 76.2. The van der Waals surface area contributed by atoms with Crippen LogP contribution < -0.4 is 5.73 Å². The number of methoxy groups -OCH3 is 2. The van der Waals surface area contributed by atoms with Crippen LogP contribution in [0.4, 0.5) is 11.4 Å². The number of carboxylic acids is 2. The minimum Gasteiger partial charge on any atom is -0.479 e. The Morgan fingerprint density at radius 2 is 0.793 bits per heavy atom. The largest absolute Gasteiger partial charge is 0.479 e. The first-order chi connectivity index (χ1) is 56.6. The van der Waals surface area contributed by atoms with E-state index in [1.54, 1.807) is 81.4 Å². The summed E-state index contributed by atoms with van der Waals surface area (Å²) in [5, 5.41) is 34.5. The molecule has 121 heavy (non-hydrogen) atoms. The van der Waals surface area contributed by atoms with E-state index in [0.29, 0.717) is 127 Å². The summed E-state index contributed by atoms with van der Waals surface area (Å²) in [5.41, 5.74) is 20.8. The highest BCUT2D eigenvalue weighted by molar-refractivity contribution is 6.33.